The van der Waals surface area contributed by atoms with Gasteiger partial charge in [-0.15, -0.1) is 0 Å². The fourth-order valence-corrected chi connectivity index (χ4v) is 5.14. The van der Waals surface area contributed by atoms with Gasteiger partial charge >= 0.3 is 0 Å². The molecular weight excluding hydrogens is 338 g/mol. The van der Waals surface area contributed by atoms with Crippen molar-refractivity contribution in [3.63, 3.8) is 0 Å². The van der Waals surface area contributed by atoms with E-state index in [1.165, 1.54) is 0 Å². The first kappa shape index (κ1) is 16.7. The van der Waals surface area contributed by atoms with Crippen LogP contribution in [0.15, 0.2) is 21.4 Å². The summed E-state index contributed by atoms with van der Waals surface area (Å²) in [5.74, 6) is 0.495. The van der Waals surface area contributed by atoms with Crippen LogP contribution in [0.1, 0.15) is 39.5 Å². The predicted molar refractivity (Wildman–Crippen MR) is 88.7 cm³/mol. The molecule has 0 N–H and O–H groups in total. The summed E-state index contributed by atoms with van der Waals surface area (Å²) in [6, 6.07) is 3.26. The Morgan fingerprint density at radius 2 is 1.96 bits per heavy atom. The van der Waals surface area contributed by atoms with E-state index in [4.69, 9.17) is 20.8 Å². The van der Waals surface area contributed by atoms with Crippen molar-refractivity contribution < 1.29 is 17.6 Å². The summed E-state index contributed by atoms with van der Waals surface area (Å²) in [6.07, 6.45) is 0.949. The van der Waals surface area contributed by atoms with E-state index < -0.39 is 15.1 Å². The molecule has 1 aromatic heterocycles. The van der Waals surface area contributed by atoms with Gasteiger partial charge in [0.15, 0.2) is 15.4 Å². The molecule has 1 aromatic carbocycles. The molecular formula is C16H20ClNO4S. The molecule has 1 aliphatic rings. The summed E-state index contributed by atoms with van der Waals surface area (Å²) in [7, 11) is -1.99. The van der Waals surface area contributed by atoms with Crippen LogP contribution in [0.25, 0.3) is 11.1 Å². The third kappa shape index (κ3) is 2.77. The summed E-state index contributed by atoms with van der Waals surface area (Å²) in [5, 5.41) is -0.311. The maximum Gasteiger partial charge on any atom is 0.200 e. The van der Waals surface area contributed by atoms with E-state index in [1.54, 1.807) is 19.2 Å². The van der Waals surface area contributed by atoms with Crippen LogP contribution in [0.5, 0.6) is 0 Å². The molecule has 0 atom stereocenters. The van der Waals surface area contributed by atoms with Crippen molar-refractivity contribution in [2.24, 2.45) is 0 Å². The Balaban J connectivity index is 2.13. The molecule has 1 saturated carbocycles. The van der Waals surface area contributed by atoms with Gasteiger partial charge in [-0.25, -0.2) is 13.4 Å². The lowest BCUT2D eigenvalue weighted by Gasteiger charge is -2.33. The highest BCUT2D eigenvalue weighted by molar-refractivity contribution is 7.92. The number of halogens is 1. The van der Waals surface area contributed by atoms with Gasteiger partial charge in [0.2, 0.25) is 5.89 Å². The molecule has 2 aromatic rings. The topological polar surface area (TPSA) is 69.4 Å². The first-order chi connectivity index (χ1) is 10.6. The number of hydrogen-bond acceptors (Lipinski definition) is 5. The Morgan fingerprint density at radius 1 is 1.30 bits per heavy atom. The number of benzene rings is 1. The van der Waals surface area contributed by atoms with E-state index >= 15 is 0 Å². The first-order valence-electron chi connectivity index (χ1n) is 7.51. The summed E-state index contributed by atoms with van der Waals surface area (Å²) in [5.41, 5.74) is 0.452. The third-order valence-electron chi connectivity index (χ3n) is 4.21. The molecule has 7 heteroatoms. The van der Waals surface area contributed by atoms with Crippen molar-refractivity contribution in [3.05, 3.63) is 23.0 Å². The number of rotatable bonds is 3. The average molecular weight is 358 g/mol. The Kier molecular flexibility index (Phi) is 3.98. The van der Waals surface area contributed by atoms with Crippen molar-refractivity contribution in [1.82, 2.24) is 4.98 Å². The minimum absolute atomic E-state index is 0.00684. The molecule has 3 rings (SSSR count). The van der Waals surface area contributed by atoms with Crippen molar-refractivity contribution in [2.75, 3.05) is 7.11 Å². The lowest BCUT2D eigenvalue weighted by molar-refractivity contribution is 0.0436. The molecule has 5 nitrogen and oxygen atoms in total. The largest absolute Gasteiger partial charge is 0.439 e. The van der Waals surface area contributed by atoms with Gasteiger partial charge in [0.05, 0.1) is 16.4 Å². The van der Waals surface area contributed by atoms with E-state index in [9.17, 15) is 8.42 Å². The molecule has 0 aliphatic heterocycles. The number of aromatic nitrogens is 1. The number of oxazole rings is 1. The predicted octanol–water partition coefficient (Wildman–Crippen LogP) is 3.73. The van der Waals surface area contributed by atoms with E-state index in [0.29, 0.717) is 24.2 Å². The quantitative estimate of drug-likeness (QED) is 0.837. The molecule has 0 unspecified atom stereocenters. The molecule has 1 heterocycles. The first-order valence-corrected chi connectivity index (χ1v) is 9.43. The minimum Gasteiger partial charge on any atom is -0.439 e. The minimum atomic E-state index is -3.58. The maximum absolute atomic E-state index is 12.9. The van der Waals surface area contributed by atoms with Crippen LogP contribution < -0.4 is 0 Å². The van der Waals surface area contributed by atoms with E-state index in [1.807, 2.05) is 20.8 Å². The Hall–Kier alpha value is -1.11. The SMILES string of the molecule is COC1CC(S(=O)(=O)c2c(Cl)ccc3nc(C(C)(C)C)oc23)C1. The van der Waals surface area contributed by atoms with Crippen molar-refractivity contribution in [3.8, 4) is 0 Å². The van der Waals surface area contributed by atoms with Gasteiger partial charge in [-0.3, -0.25) is 0 Å². The number of methoxy groups -OCH3 is 1. The van der Waals surface area contributed by atoms with Crippen LogP contribution in [0.4, 0.5) is 0 Å². The van der Waals surface area contributed by atoms with Gasteiger partial charge < -0.3 is 9.15 Å². The van der Waals surface area contributed by atoms with Crippen LogP contribution in [-0.4, -0.2) is 31.9 Å². The normalized spacial score (nSPS) is 22.3. The number of sulfone groups is 1. The Labute approximate surface area is 140 Å². The van der Waals surface area contributed by atoms with Gasteiger partial charge in [0.1, 0.15) is 10.4 Å². The van der Waals surface area contributed by atoms with Crippen LogP contribution >= 0.6 is 11.6 Å². The molecule has 1 aliphatic carbocycles. The van der Waals surface area contributed by atoms with Crippen LogP contribution in [-0.2, 0) is 20.0 Å². The van der Waals surface area contributed by atoms with Gasteiger partial charge in [-0.1, -0.05) is 32.4 Å². The second-order valence-electron chi connectivity index (χ2n) is 6.99. The van der Waals surface area contributed by atoms with E-state index in [-0.39, 0.29) is 27.0 Å². The van der Waals surface area contributed by atoms with E-state index in [0.717, 1.165) is 0 Å². The molecule has 0 saturated heterocycles. The molecule has 0 bridgehead atoms. The fraction of sp³-hybridized carbons (Fsp3) is 0.562. The molecule has 23 heavy (non-hydrogen) atoms. The van der Waals surface area contributed by atoms with Gasteiger partial charge in [-0.05, 0) is 25.0 Å². The number of nitrogens with zero attached hydrogens (tertiary/aromatic N) is 1. The summed E-state index contributed by atoms with van der Waals surface area (Å²) < 4.78 is 36.9. The van der Waals surface area contributed by atoms with Crippen molar-refractivity contribution >= 4 is 32.5 Å². The highest BCUT2D eigenvalue weighted by Gasteiger charge is 2.42. The highest BCUT2D eigenvalue weighted by Crippen LogP contribution is 2.40. The highest BCUT2D eigenvalue weighted by atomic mass is 35.5. The smallest absolute Gasteiger partial charge is 0.200 e. The second-order valence-corrected chi connectivity index (χ2v) is 9.56. The number of ether oxygens (including phenoxy) is 1. The number of fused-ring (bicyclic) bond motifs is 1. The zero-order chi connectivity index (χ0) is 17.0. The lowest BCUT2D eigenvalue weighted by Crippen LogP contribution is -2.40. The van der Waals surface area contributed by atoms with Gasteiger partial charge in [0, 0.05) is 12.5 Å². The standard InChI is InChI=1S/C16H20ClNO4S/c1-16(2,3)15-18-12-6-5-11(17)14(13(12)22-15)23(19,20)10-7-9(8-10)21-4/h5-6,9-10H,7-8H2,1-4H3. The second kappa shape index (κ2) is 5.46. The third-order valence-corrected chi connectivity index (χ3v) is 6.88. The van der Waals surface area contributed by atoms with Crippen molar-refractivity contribution in [1.29, 1.82) is 0 Å². The monoisotopic (exact) mass is 357 g/mol. The van der Waals surface area contributed by atoms with Crippen LogP contribution in [0.3, 0.4) is 0 Å². The van der Waals surface area contributed by atoms with Gasteiger partial charge in [0.25, 0.3) is 0 Å². The van der Waals surface area contributed by atoms with Crippen LogP contribution in [0, 0.1) is 0 Å². The molecule has 1 fully saturated rings. The molecule has 126 valence electrons. The summed E-state index contributed by atoms with van der Waals surface area (Å²) in [6.45, 7) is 5.88. The van der Waals surface area contributed by atoms with Crippen LogP contribution in [0.2, 0.25) is 5.02 Å². The zero-order valence-corrected chi connectivity index (χ0v) is 15.2. The van der Waals surface area contributed by atoms with Gasteiger partial charge in [-0.2, -0.15) is 0 Å². The van der Waals surface area contributed by atoms with E-state index in [2.05, 4.69) is 4.98 Å². The summed E-state index contributed by atoms with van der Waals surface area (Å²) >= 11 is 6.21. The molecule has 0 radical (unpaired) electrons. The average Bonchev–Trinajstić information content (AvgIpc) is 2.80. The van der Waals surface area contributed by atoms with Crippen molar-refractivity contribution in [2.45, 2.75) is 55.3 Å². The fourth-order valence-electron chi connectivity index (χ4n) is 2.66. The lowest BCUT2D eigenvalue weighted by atomic mass is 9.95. The summed E-state index contributed by atoms with van der Waals surface area (Å²) in [4.78, 5) is 4.47. The number of hydrogen-bond donors (Lipinski definition) is 0. The molecule has 0 spiro atoms. The Morgan fingerprint density at radius 3 is 2.52 bits per heavy atom. The Bertz CT molecular complexity index is 845. The maximum atomic E-state index is 12.9. The zero-order valence-electron chi connectivity index (χ0n) is 13.6. The molecule has 0 amide bonds.